The third kappa shape index (κ3) is 3.55. The average Bonchev–Trinajstić information content (AvgIpc) is 2.95. The molecule has 0 saturated carbocycles. The zero-order valence-corrected chi connectivity index (χ0v) is 14.2. The van der Waals surface area contributed by atoms with Gasteiger partial charge in [0.1, 0.15) is 0 Å². The highest BCUT2D eigenvalue weighted by Crippen LogP contribution is 2.22. The van der Waals surface area contributed by atoms with Crippen LogP contribution < -0.4 is 10.6 Å². The molecule has 3 aromatic rings. The molecule has 6 heteroatoms. The van der Waals surface area contributed by atoms with Gasteiger partial charge in [-0.1, -0.05) is 23.7 Å². The molecule has 0 spiro atoms. The molecule has 3 rings (SSSR count). The number of anilines is 1. The van der Waals surface area contributed by atoms with Gasteiger partial charge in [-0.15, -0.1) is 0 Å². The monoisotopic (exact) mass is 347 g/mol. The van der Waals surface area contributed by atoms with Crippen molar-refractivity contribution in [1.82, 2.24) is 9.69 Å². The van der Waals surface area contributed by atoms with E-state index in [0.29, 0.717) is 5.11 Å². The molecule has 0 bridgehead atoms. The van der Waals surface area contributed by atoms with Crippen molar-refractivity contribution in [3.63, 3.8) is 0 Å². The molecule has 0 fully saturated rings. The van der Waals surface area contributed by atoms with Crippen LogP contribution in [0.1, 0.15) is 18.5 Å². The molecule has 0 radical (unpaired) electrons. The van der Waals surface area contributed by atoms with Gasteiger partial charge in [0.2, 0.25) is 0 Å². The number of hydrogen-bond acceptors (Lipinski definition) is 3. The fourth-order valence-corrected chi connectivity index (χ4v) is 3.20. The minimum atomic E-state index is 0.101. The number of thiocarbonyl (C=S) groups is 1. The van der Waals surface area contributed by atoms with Gasteiger partial charge >= 0.3 is 0 Å². The second kappa shape index (κ2) is 6.60. The van der Waals surface area contributed by atoms with Crippen molar-refractivity contribution in [2.75, 3.05) is 5.32 Å². The first-order chi connectivity index (χ1) is 10.6. The SMILES string of the molecule is C[C@@H](NC(=S)Nc1ccc2sncc2c1)c1ccc(Cl)cc1. The van der Waals surface area contributed by atoms with Gasteiger partial charge < -0.3 is 10.6 Å². The summed E-state index contributed by atoms with van der Waals surface area (Å²) < 4.78 is 5.34. The molecule has 0 saturated heterocycles. The van der Waals surface area contributed by atoms with Gasteiger partial charge in [-0.3, -0.25) is 0 Å². The molecule has 1 heterocycles. The van der Waals surface area contributed by atoms with Gasteiger partial charge in [0.25, 0.3) is 0 Å². The lowest BCUT2D eigenvalue weighted by Crippen LogP contribution is -2.30. The van der Waals surface area contributed by atoms with Crippen LogP contribution in [0.2, 0.25) is 5.02 Å². The Hall–Kier alpha value is -1.69. The molecule has 3 nitrogen and oxygen atoms in total. The predicted octanol–water partition coefficient (Wildman–Crippen LogP) is 5.00. The molecule has 1 atom stereocenters. The fraction of sp³-hybridized carbons (Fsp3) is 0.125. The first-order valence-electron chi connectivity index (χ1n) is 6.79. The van der Waals surface area contributed by atoms with Crippen LogP contribution in [-0.4, -0.2) is 9.49 Å². The van der Waals surface area contributed by atoms with E-state index < -0.39 is 0 Å². The first kappa shape index (κ1) is 15.2. The number of aromatic nitrogens is 1. The Kier molecular flexibility index (Phi) is 4.57. The highest BCUT2D eigenvalue weighted by molar-refractivity contribution is 7.80. The van der Waals surface area contributed by atoms with Gasteiger partial charge in [-0.05, 0) is 66.6 Å². The van der Waals surface area contributed by atoms with Crippen molar-refractivity contribution in [2.45, 2.75) is 13.0 Å². The summed E-state index contributed by atoms with van der Waals surface area (Å²) in [4.78, 5) is 0. The van der Waals surface area contributed by atoms with E-state index in [1.54, 1.807) is 0 Å². The molecule has 2 aromatic carbocycles. The summed E-state index contributed by atoms with van der Waals surface area (Å²) in [5, 5.41) is 8.91. The van der Waals surface area contributed by atoms with Crippen LogP contribution in [0, 0.1) is 0 Å². The minimum absolute atomic E-state index is 0.101. The third-order valence-corrected chi connectivity index (χ3v) is 4.58. The summed E-state index contributed by atoms with van der Waals surface area (Å²) in [6.07, 6.45) is 1.86. The Balaban J connectivity index is 1.65. The molecule has 0 aliphatic rings. The lowest BCUT2D eigenvalue weighted by molar-refractivity contribution is 0.723. The van der Waals surface area contributed by atoms with E-state index in [2.05, 4.69) is 21.9 Å². The molecular weight excluding hydrogens is 334 g/mol. The summed E-state index contributed by atoms with van der Waals surface area (Å²) in [6, 6.07) is 13.9. The summed E-state index contributed by atoms with van der Waals surface area (Å²) in [6.45, 7) is 2.06. The lowest BCUT2D eigenvalue weighted by Gasteiger charge is -2.17. The Morgan fingerprint density at radius 2 is 2.00 bits per heavy atom. The van der Waals surface area contributed by atoms with Crippen molar-refractivity contribution < 1.29 is 0 Å². The normalized spacial score (nSPS) is 12.1. The van der Waals surface area contributed by atoms with Crippen molar-refractivity contribution in [3.8, 4) is 0 Å². The van der Waals surface area contributed by atoms with Crippen LogP contribution in [0.25, 0.3) is 10.1 Å². The van der Waals surface area contributed by atoms with Crippen molar-refractivity contribution >= 4 is 56.2 Å². The molecule has 1 aromatic heterocycles. The maximum Gasteiger partial charge on any atom is 0.171 e. The summed E-state index contributed by atoms with van der Waals surface area (Å²) in [5.41, 5.74) is 2.08. The Bertz CT molecular complexity index is 799. The van der Waals surface area contributed by atoms with Crippen LogP contribution in [-0.2, 0) is 0 Å². The second-order valence-electron chi connectivity index (χ2n) is 4.95. The quantitative estimate of drug-likeness (QED) is 0.654. The molecule has 2 N–H and O–H groups in total. The van der Waals surface area contributed by atoms with E-state index in [1.807, 2.05) is 48.7 Å². The van der Waals surface area contributed by atoms with Crippen LogP contribution in [0.15, 0.2) is 48.7 Å². The van der Waals surface area contributed by atoms with E-state index in [9.17, 15) is 0 Å². The second-order valence-corrected chi connectivity index (χ2v) is 6.63. The Morgan fingerprint density at radius 3 is 2.77 bits per heavy atom. The fourth-order valence-electron chi connectivity index (χ4n) is 2.15. The topological polar surface area (TPSA) is 37.0 Å². The largest absolute Gasteiger partial charge is 0.356 e. The van der Waals surface area contributed by atoms with Crippen LogP contribution in [0.5, 0.6) is 0 Å². The standard InChI is InChI=1S/C16H14ClN3S2/c1-10(11-2-4-13(17)5-3-11)19-16(21)20-14-6-7-15-12(8-14)9-18-22-15/h2-10H,1H3,(H2,19,20,21)/t10-/m1/s1. The zero-order valence-electron chi connectivity index (χ0n) is 11.8. The summed E-state index contributed by atoms with van der Waals surface area (Å²) in [5.74, 6) is 0. The number of benzene rings is 2. The molecule has 0 aliphatic heterocycles. The summed E-state index contributed by atoms with van der Waals surface area (Å²) in [7, 11) is 0. The van der Waals surface area contributed by atoms with Crippen LogP contribution in [0.3, 0.4) is 0 Å². The van der Waals surface area contributed by atoms with E-state index in [1.165, 1.54) is 16.2 Å². The van der Waals surface area contributed by atoms with Crippen molar-refractivity contribution in [1.29, 1.82) is 0 Å². The zero-order chi connectivity index (χ0) is 15.5. The number of rotatable bonds is 3. The van der Waals surface area contributed by atoms with E-state index in [4.69, 9.17) is 23.8 Å². The van der Waals surface area contributed by atoms with Crippen LogP contribution >= 0.6 is 35.4 Å². The lowest BCUT2D eigenvalue weighted by atomic mass is 10.1. The van der Waals surface area contributed by atoms with Gasteiger partial charge in [-0.25, -0.2) is 0 Å². The van der Waals surface area contributed by atoms with Crippen LogP contribution in [0.4, 0.5) is 5.69 Å². The van der Waals surface area contributed by atoms with E-state index >= 15 is 0 Å². The molecular formula is C16H14ClN3S2. The predicted molar refractivity (Wildman–Crippen MR) is 98.8 cm³/mol. The van der Waals surface area contributed by atoms with Crippen molar-refractivity contribution in [3.05, 3.63) is 59.2 Å². The third-order valence-electron chi connectivity index (χ3n) is 3.33. The van der Waals surface area contributed by atoms with Gasteiger partial charge in [-0.2, -0.15) is 4.37 Å². The number of nitrogens with zero attached hydrogens (tertiary/aromatic N) is 1. The van der Waals surface area contributed by atoms with Gasteiger partial charge in [0.05, 0.1) is 10.7 Å². The molecule has 112 valence electrons. The van der Waals surface area contributed by atoms with Gasteiger partial charge in [0.15, 0.2) is 5.11 Å². The highest BCUT2D eigenvalue weighted by atomic mass is 35.5. The number of hydrogen-bond donors (Lipinski definition) is 2. The first-order valence-corrected chi connectivity index (χ1v) is 8.35. The minimum Gasteiger partial charge on any atom is -0.356 e. The maximum absolute atomic E-state index is 5.90. The number of fused-ring (bicyclic) bond motifs is 1. The highest BCUT2D eigenvalue weighted by Gasteiger charge is 2.07. The Labute approximate surface area is 143 Å². The smallest absolute Gasteiger partial charge is 0.171 e. The summed E-state index contributed by atoms with van der Waals surface area (Å²) >= 11 is 12.8. The Morgan fingerprint density at radius 1 is 1.23 bits per heavy atom. The molecule has 0 amide bonds. The molecule has 0 unspecified atom stereocenters. The van der Waals surface area contributed by atoms with E-state index in [-0.39, 0.29) is 6.04 Å². The maximum atomic E-state index is 5.90. The molecule has 22 heavy (non-hydrogen) atoms. The van der Waals surface area contributed by atoms with Gasteiger partial charge in [0, 0.05) is 22.3 Å². The van der Waals surface area contributed by atoms with E-state index in [0.717, 1.165) is 21.7 Å². The average molecular weight is 348 g/mol. The number of halogens is 1. The van der Waals surface area contributed by atoms with Crippen molar-refractivity contribution in [2.24, 2.45) is 0 Å². The molecule has 0 aliphatic carbocycles. The number of nitrogens with one attached hydrogen (secondary N) is 2.